The molecule has 14 heavy (non-hydrogen) atoms. The number of ether oxygens (including phenoxy) is 1. The summed E-state index contributed by atoms with van der Waals surface area (Å²) >= 11 is 14.4. The van der Waals surface area contributed by atoms with Crippen LogP contribution < -0.4 is 0 Å². The fourth-order valence-corrected chi connectivity index (χ4v) is 0.415. The number of hydrogen-bond acceptors (Lipinski definition) is 3. The van der Waals surface area contributed by atoms with Gasteiger partial charge >= 0.3 is 5.97 Å². The summed E-state index contributed by atoms with van der Waals surface area (Å²) in [6.07, 6.45) is -0.103. The van der Waals surface area contributed by atoms with E-state index in [0.29, 0.717) is 6.61 Å². The van der Waals surface area contributed by atoms with Gasteiger partial charge in [0, 0.05) is 17.1 Å². The minimum atomic E-state index is -0.750. The predicted molar refractivity (Wildman–Crippen MR) is 53.3 cm³/mol. The smallest absolute Gasteiger partial charge is 0.313 e. The van der Waals surface area contributed by atoms with Crippen LogP contribution in [0, 0.1) is 0 Å². The van der Waals surface area contributed by atoms with Crippen molar-refractivity contribution in [3.05, 3.63) is 0 Å². The number of hydrogen-bond donors (Lipinski definition) is 0. The summed E-state index contributed by atoms with van der Waals surface area (Å²) in [5.41, 5.74) is 0. The van der Waals surface area contributed by atoms with Crippen LogP contribution in [0.2, 0.25) is 0 Å². The van der Waals surface area contributed by atoms with Crippen molar-refractivity contribution in [2.45, 2.75) is 24.6 Å². The normalized spacial score (nSPS) is 8.14. The molecule has 0 rings (SSSR count). The average molecular weight is 313 g/mol. The molecule has 0 spiro atoms. The average Bonchev–Trinajstić information content (AvgIpc) is 1.83. The minimum absolute atomic E-state index is 0. The second kappa shape index (κ2) is 13.5. The molecule has 0 unspecified atom stereocenters. The van der Waals surface area contributed by atoms with Crippen LogP contribution in [0.4, 0.5) is 0 Å². The number of Topliss-reactive ketones (excluding diaryl/α,β-unsaturated/α-hetero) is 1. The summed E-state index contributed by atoms with van der Waals surface area (Å²) in [6.45, 7) is 3.40. The van der Waals surface area contributed by atoms with Crippen LogP contribution in [0.3, 0.4) is 0 Å². The molecule has 3 nitrogen and oxygen atoms in total. The van der Waals surface area contributed by atoms with Gasteiger partial charge in [-0.05, 0) is 13.8 Å². The molecule has 0 atom stereocenters. The standard InChI is InChI=1S/C6H10O3.CHCl3.Cu/c1-3-9-6(8)4-5(2)7;2-1(3)4;/h3-4H2,1-2H3;1H;. The number of carbonyl (C=O) groups excluding carboxylic acids is 2. The van der Waals surface area contributed by atoms with Gasteiger partial charge in [0.25, 0.3) is 0 Å². The van der Waals surface area contributed by atoms with Crippen LogP contribution in [0.25, 0.3) is 0 Å². The van der Waals surface area contributed by atoms with Gasteiger partial charge in [-0.1, -0.05) is 34.8 Å². The van der Waals surface area contributed by atoms with E-state index in [9.17, 15) is 9.59 Å². The third-order valence-corrected chi connectivity index (χ3v) is 0.699. The molecular weight excluding hydrogens is 302 g/mol. The molecule has 0 aliphatic heterocycles. The Morgan fingerprint density at radius 2 is 1.64 bits per heavy atom. The second-order valence-electron chi connectivity index (χ2n) is 1.93. The van der Waals surface area contributed by atoms with Gasteiger partial charge in [-0.15, -0.1) is 0 Å². The summed E-state index contributed by atoms with van der Waals surface area (Å²) in [7, 11) is 0. The Morgan fingerprint density at radius 3 is 1.86 bits per heavy atom. The zero-order valence-electron chi connectivity index (χ0n) is 7.65. The van der Waals surface area contributed by atoms with Gasteiger partial charge in [-0.3, -0.25) is 9.59 Å². The summed E-state index contributed by atoms with van der Waals surface area (Å²) in [6, 6.07) is 0. The number of halogens is 3. The maximum atomic E-state index is 10.4. The fraction of sp³-hybridized carbons (Fsp3) is 0.714. The summed E-state index contributed by atoms with van der Waals surface area (Å²) < 4.78 is 3.74. The zero-order chi connectivity index (χ0) is 10.9. The second-order valence-corrected chi connectivity index (χ2v) is 3.91. The van der Waals surface area contributed by atoms with E-state index in [2.05, 4.69) is 4.74 Å². The molecule has 0 aliphatic rings. The van der Waals surface area contributed by atoms with E-state index in [0.717, 1.165) is 0 Å². The van der Waals surface area contributed by atoms with E-state index in [4.69, 9.17) is 34.8 Å². The molecule has 89 valence electrons. The Labute approximate surface area is 109 Å². The Hall–Kier alpha value is 0.529. The van der Waals surface area contributed by atoms with Crippen molar-refractivity contribution in [3.8, 4) is 0 Å². The molecule has 0 fully saturated rings. The van der Waals surface area contributed by atoms with Crippen LogP contribution in [-0.2, 0) is 31.4 Å². The molecule has 0 bridgehead atoms. The molecule has 1 radical (unpaired) electrons. The van der Waals surface area contributed by atoms with Crippen molar-refractivity contribution in [2.24, 2.45) is 0 Å². The Bertz CT molecular complexity index is 162. The summed E-state index contributed by atoms with van der Waals surface area (Å²) in [5, 5.41) is 0. The van der Waals surface area contributed by atoms with Gasteiger partial charge in [0.05, 0.1) is 6.61 Å². The molecule has 0 heterocycles. The zero-order valence-corrected chi connectivity index (χ0v) is 10.9. The van der Waals surface area contributed by atoms with Crippen LogP contribution in [-0.4, -0.2) is 22.7 Å². The van der Waals surface area contributed by atoms with E-state index in [1.807, 2.05) is 0 Å². The predicted octanol–water partition coefficient (Wildman–Crippen LogP) is 2.51. The first-order chi connectivity index (χ1) is 5.90. The Morgan fingerprint density at radius 1 is 1.29 bits per heavy atom. The van der Waals surface area contributed by atoms with E-state index in [1.54, 1.807) is 6.92 Å². The van der Waals surface area contributed by atoms with Crippen molar-refractivity contribution < 1.29 is 31.4 Å². The van der Waals surface area contributed by atoms with Crippen molar-refractivity contribution in [1.29, 1.82) is 0 Å². The van der Waals surface area contributed by atoms with Gasteiger partial charge in [0.15, 0.2) is 4.30 Å². The third-order valence-electron chi connectivity index (χ3n) is 0.699. The number of carbonyl (C=O) groups is 2. The minimum Gasteiger partial charge on any atom is -0.466 e. The molecule has 0 N–H and O–H groups in total. The van der Waals surface area contributed by atoms with Crippen LogP contribution in [0.5, 0.6) is 0 Å². The van der Waals surface area contributed by atoms with Crippen LogP contribution in [0.1, 0.15) is 20.3 Å². The molecule has 0 aromatic carbocycles. The maximum Gasteiger partial charge on any atom is 0.313 e. The van der Waals surface area contributed by atoms with Crippen molar-refractivity contribution >= 4 is 46.6 Å². The Kier molecular flexibility index (Phi) is 19.3. The molecule has 0 saturated carbocycles. The van der Waals surface area contributed by atoms with Gasteiger partial charge in [-0.2, -0.15) is 0 Å². The molecule has 7 heteroatoms. The largest absolute Gasteiger partial charge is 0.466 e. The number of alkyl halides is 3. The molecule has 0 aromatic heterocycles. The molecular formula is C7H11Cl3CuO3. The molecule has 0 aromatic rings. The van der Waals surface area contributed by atoms with E-state index in [-0.39, 0.29) is 29.3 Å². The molecule has 0 aliphatic carbocycles. The third kappa shape index (κ3) is 29.4. The Balaban J connectivity index is -0.000000209. The molecule has 0 saturated heterocycles. The van der Waals surface area contributed by atoms with Crippen molar-refractivity contribution in [3.63, 3.8) is 0 Å². The monoisotopic (exact) mass is 311 g/mol. The van der Waals surface area contributed by atoms with Gasteiger partial charge in [0.2, 0.25) is 0 Å². The summed E-state index contributed by atoms with van der Waals surface area (Å²) in [5.74, 6) is -0.599. The van der Waals surface area contributed by atoms with Crippen LogP contribution in [0.15, 0.2) is 0 Å². The topological polar surface area (TPSA) is 43.4 Å². The van der Waals surface area contributed by atoms with Crippen LogP contribution >= 0.6 is 34.8 Å². The number of esters is 1. The number of rotatable bonds is 3. The number of ketones is 1. The van der Waals surface area contributed by atoms with E-state index < -0.39 is 10.3 Å². The van der Waals surface area contributed by atoms with E-state index >= 15 is 0 Å². The fourth-order valence-electron chi connectivity index (χ4n) is 0.415. The first-order valence-electron chi connectivity index (χ1n) is 3.47. The van der Waals surface area contributed by atoms with E-state index in [1.165, 1.54) is 6.92 Å². The molecule has 0 amide bonds. The van der Waals surface area contributed by atoms with Crippen molar-refractivity contribution in [1.82, 2.24) is 0 Å². The quantitative estimate of drug-likeness (QED) is 0.348. The SMILES string of the molecule is CCOC(=O)CC(C)=O.ClC(Cl)Cl.[Cu]. The van der Waals surface area contributed by atoms with Gasteiger partial charge in [0.1, 0.15) is 12.2 Å². The maximum absolute atomic E-state index is 10.4. The van der Waals surface area contributed by atoms with Gasteiger partial charge in [-0.25, -0.2) is 0 Å². The van der Waals surface area contributed by atoms with Gasteiger partial charge < -0.3 is 4.74 Å². The first-order valence-corrected chi connectivity index (χ1v) is 4.78. The summed E-state index contributed by atoms with van der Waals surface area (Å²) in [4.78, 5) is 20.6. The first kappa shape index (κ1) is 20.0. The van der Waals surface area contributed by atoms with Crippen molar-refractivity contribution in [2.75, 3.05) is 6.61 Å².